The minimum absolute atomic E-state index is 0.102. The number of benzene rings is 6. The summed E-state index contributed by atoms with van der Waals surface area (Å²) in [6.07, 6.45) is 0. The molecule has 1 aliphatic rings. The van der Waals surface area contributed by atoms with Crippen molar-refractivity contribution >= 4 is 43.7 Å². The van der Waals surface area contributed by atoms with E-state index in [4.69, 9.17) is 4.42 Å². The Kier molecular flexibility index (Phi) is 4.77. The van der Waals surface area contributed by atoms with Crippen LogP contribution in [0.2, 0.25) is 0 Å². The number of para-hydroxylation sites is 3. The van der Waals surface area contributed by atoms with Gasteiger partial charge in [-0.05, 0) is 64.7 Å². The maximum Gasteiger partial charge on any atom is 0.143 e. The molecule has 0 bridgehead atoms. The van der Waals surface area contributed by atoms with Crippen molar-refractivity contribution in [3.8, 4) is 29.0 Å². The fourth-order valence-corrected chi connectivity index (χ4v) is 7.13. The summed E-state index contributed by atoms with van der Waals surface area (Å²) >= 11 is 0. The fraction of sp³-hybridized carbons (Fsp3) is 0.0256. The molecule has 0 saturated carbocycles. The molecule has 0 fully saturated rings. The molecule has 4 nitrogen and oxygen atoms in total. The van der Waals surface area contributed by atoms with E-state index in [1.807, 2.05) is 30.3 Å². The van der Waals surface area contributed by atoms with Crippen LogP contribution in [0.15, 0.2) is 126 Å². The van der Waals surface area contributed by atoms with Crippen LogP contribution in [0.25, 0.3) is 60.6 Å². The van der Waals surface area contributed by atoms with Crippen LogP contribution < -0.4 is 0 Å². The molecule has 198 valence electrons. The van der Waals surface area contributed by atoms with Crippen LogP contribution in [0.4, 0.5) is 0 Å². The van der Waals surface area contributed by atoms with Gasteiger partial charge in [-0.1, -0.05) is 78.9 Å². The van der Waals surface area contributed by atoms with Gasteiger partial charge >= 0.3 is 0 Å². The third-order valence-corrected chi connectivity index (χ3v) is 8.96. The van der Waals surface area contributed by atoms with Gasteiger partial charge in [0.25, 0.3) is 0 Å². The van der Waals surface area contributed by atoms with Crippen molar-refractivity contribution in [2.75, 3.05) is 0 Å². The summed E-state index contributed by atoms with van der Waals surface area (Å²) in [6, 6.07) is 46.3. The van der Waals surface area contributed by atoms with Gasteiger partial charge in [0.15, 0.2) is 0 Å². The van der Waals surface area contributed by atoms with Crippen LogP contribution in [0.3, 0.4) is 0 Å². The fourth-order valence-electron chi connectivity index (χ4n) is 7.13. The van der Waals surface area contributed by atoms with Gasteiger partial charge < -0.3 is 8.98 Å². The molecule has 0 aliphatic heterocycles. The summed E-state index contributed by atoms with van der Waals surface area (Å²) in [4.78, 5) is 0. The Bertz CT molecular complexity index is 2500. The Hall–Kier alpha value is -6.10. The first-order valence-corrected chi connectivity index (χ1v) is 14.3. The molecule has 8 aromatic rings. The highest BCUT2D eigenvalue weighted by Gasteiger charge is 2.34. The van der Waals surface area contributed by atoms with E-state index >= 15 is 0 Å². The first-order chi connectivity index (χ1) is 21.2. The average molecular weight is 548 g/mol. The van der Waals surface area contributed by atoms with Gasteiger partial charge in [-0.15, -0.1) is 0 Å². The third-order valence-electron chi connectivity index (χ3n) is 8.96. The highest BCUT2D eigenvalue weighted by atomic mass is 16.3. The molecule has 0 saturated heterocycles. The monoisotopic (exact) mass is 547 g/mol. The topological polar surface area (TPSA) is 65.7 Å². The lowest BCUT2D eigenvalue weighted by Gasteiger charge is -2.16. The maximum absolute atomic E-state index is 9.83. The SMILES string of the molecule is N#Cc1ccc(C2c3ccc(-n4c5ccccc5c5ccccc54)cc3-c3c2ccc2c3oc3ccccc32)cc1C#N. The lowest BCUT2D eigenvalue weighted by Crippen LogP contribution is -2.01. The van der Waals surface area contributed by atoms with Crippen molar-refractivity contribution in [3.05, 3.63) is 149 Å². The van der Waals surface area contributed by atoms with Crippen molar-refractivity contribution in [1.82, 2.24) is 4.57 Å². The molecule has 1 atom stereocenters. The minimum Gasteiger partial charge on any atom is -0.455 e. The van der Waals surface area contributed by atoms with E-state index in [-0.39, 0.29) is 5.92 Å². The first-order valence-electron chi connectivity index (χ1n) is 14.3. The van der Waals surface area contributed by atoms with E-state index < -0.39 is 0 Å². The molecular formula is C39H21N3O. The predicted octanol–water partition coefficient (Wildman–Crippen LogP) is 9.59. The van der Waals surface area contributed by atoms with E-state index in [0.29, 0.717) is 11.1 Å². The zero-order valence-corrected chi connectivity index (χ0v) is 22.9. The summed E-state index contributed by atoms with van der Waals surface area (Å²) in [5.74, 6) is -0.102. The summed E-state index contributed by atoms with van der Waals surface area (Å²) < 4.78 is 8.93. The van der Waals surface area contributed by atoms with Crippen LogP contribution in [0.5, 0.6) is 0 Å². The molecule has 0 spiro atoms. The van der Waals surface area contributed by atoms with E-state index in [2.05, 4.69) is 102 Å². The first kappa shape index (κ1) is 23.6. The normalized spacial score (nSPS) is 13.8. The number of fused-ring (bicyclic) bond motifs is 10. The molecule has 6 aromatic carbocycles. The summed E-state index contributed by atoms with van der Waals surface area (Å²) in [7, 11) is 0. The van der Waals surface area contributed by atoms with Gasteiger partial charge in [0.2, 0.25) is 0 Å². The van der Waals surface area contributed by atoms with E-state index in [9.17, 15) is 10.5 Å². The van der Waals surface area contributed by atoms with Crippen molar-refractivity contribution in [3.63, 3.8) is 0 Å². The van der Waals surface area contributed by atoms with Gasteiger partial charge in [-0.3, -0.25) is 0 Å². The van der Waals surface area contributed by atoms with Gasteiger partial charge in [0.05, 0.1) is 22.2 Å². The Labute approximate surface area is 246 Å². The number of nitrogens with zero attached hydrogens (tertiary/aromatic N) is 3. The van der Waals surface area contributed by atoms with Gasteiger partial charge in [-0.25, -0.2) is 0 Å². The van der Waals surface area contributed by atoms with Crippen LogP contribution in [0, 0.1) is 22.7 Å². The highest BCUT2D eigenvalue weighted by Crippen LogP contribution is 2.53. The summed E-state index contributed by atoms with van der Waals surface area (Å²) in [5.41, 5.74) is 11.4. The van der Waals surface area contributed by atoms with Gasteiger partial charge in [-0.2, -0.15) is 10.5 Å². The Morgan fingerprint density at radius 1 is 0.581 bits per heavy atom. The zero-order chi connectivity index (χ0) is 28.7. The number of hydrogen-bond donors (Lipinski definition) is 0. The van der Waals surface area contributed by atoms with Crippen LogP contribution >= 0.6 is 0 Å². The molecule has 0 radical (unpaired) electrons. The predicted molar refractivity (Wildman–Crippen MR) is 170 cm³/mol. The van der Waals surface area contributed by atoms with Crippen molar-refractivity contribution in [2.45, 2.75) is 5.92 Å². The molecule has 2 aromatic heterocycles. The Morgan fingerprint density at radius 2 is 1.26 bits per heavy atom. The number of aromatic nitrogens is 1. The van der Waals surface area contributed by atoms with Crippen molar-refractivity contribution in [2.24, 2.45) is 0 Å². The molecular weight excluding hydrogens is 526 g/mol. The van der Waals surface area contributed by atoms with Gasteiger partial charge in [0, 0.05) is 38.7 Å². The second-order valence-corrected chi connectivity index (χ2v) is 11.1. The smallest absolute Gasteiger partial charge is 0.143 e. The zero-order valence-electron chi connectivity index (χ0n) is 22.9. The maximum atomic E-state index is 9.83. The lowest BCUT2D eigenvalue weighted by molar-refractivity contribution is 0.670. The Morgan fingerprint density at radius 3 is 2.00 bits per heavy atom. The summed E-state index contributed by atoms with van der Waals surface area (Å²) in [5, 5.41) is 24.0. The largest absolute Gasteiger partial charge is 0.455 e. The number of rotatable bonds is 2. The highest BCUT2D eigenvalue weighted by molar-refractivity contribution is 6.12. The van der Waals surface area contributed by atoms with Gasteiger partial charge in [0.1, 0.15) is 23.3 Å². The standard InChI is InChI=1S/C39H21N3O/c40-21-24-14-13-23(19-25(24)22-41)37-30-16-15-26(42-34-10-4-1-7-27(34)28-8-2-5-11-35(28)42)20-33(30)38-32(37)18-17-31-29-9-3-6-12-36(29)43-39(31)38/h1-20,37H. The number of furan rings is 1. The van der Waals surface area contributed by atoms with E-state index in [0.717, 1.165) is 66.5 Å². The molecule has 43 heavy (non-hydrogen) atoms. The molecule has 1 unspecified atom stereocenters. The van der Waals surface area contributed by atoms with E-state index in [1.54, 1.807) is 6.07 Å². The van der Waals surface area contributed by atoms with Crippen molar-refractivity contribution in [1.29, 1.82) is 10.5 Å². The van der Waals surface area contributed by atoms with E-state index in [1.165, 1.54) is 10.8 Å². The minimum atomic E-state index is -0.102. The van der Waals surface area contributed by atoms with Crippen LogP contribution in [-0.2, 0) is 0 Å². The number of hydrogen-bond acceptors (Lipinski definition) is 3. The molecule has 9 rings (SSSR count). The molecule has 2 heterocycles. The van der Waals surface area contributed by atoms with Crippen molar-refractivity contribution < 1.29 is 4.42 Å². The quantitative estimate of drug-likeness (QED) is 0.216. The van der Waals surface area contributed by atoms with Crippen LogP contribution in [-0.4, -0.2) is 4.57 Å². The molecule has 1 aliphatic carbocycles. The molecule has 0 N–H and O–H groups in total. The summed E-state index contributed by atoms with van der Waals surface area (Å²) in [6.45, 7) is 0. The third kappa shape index (κ3) is 3.18. The number of nitriles is 2. The average Bonchev–Trinajstić information content (AvgIpc) is 3.71. The van der Waals surface area contributed by atoms with Crippen LogP contribution in [0.1, 0.15) is 33.7 Å². The second kappa shape index (κ2) is 8.70. The molecule has 0 amide bonds. The Balaban J connectivity index is 1.37. The lowest BCUT2D eigenvalue weighted by atomic mass is 9.87. The second-order valence-electron chi connectivity index (χ2n) is 11.1. The molecule has 4 heteroatoms.